The molecule has 0 amide bonds. The average Bonchev–Trinajstić information content (AvgIpc) is 2.75. The SMILES string of the molecule is Cc1ccc(-c2ccc(C3(C(=O)O)CC3(F)F)o2)cc1. The number of carboxylic acids is 1. The third kappa shape index (κ3) is 1.66. The highest BCUT2D eigenvalue weighted by molar-refractivity contribution is 5.87. The van der Waals surface area contributed by atoms with Crippen LogP contribution in [-0.2, 0) is 10.2 Å². The molecule has 1 aromatic carbocycles. The number of furan rings is 1. The number of alkyl halides is 2. The van der Waals surface area contributed by atoms with Gasteiger partial charge in [0.2, 0.25) is 0 Å². The van der Waals surface area contributed by atoms with Gasteiger partial charge >= 0.3 is 5.97 Å². The summed E-state index contributed by atoms with van der Waals surface area (Å²) in [6, 6.07) is 10.2. The Morgan fingerprint density at radius 2 is 1.80 bits per heavy atom. The van der Waals surface area contributed by atoms with Gasteiger partial charge in [0.05, 0.1) is 0 Å². The third-order valence-electron chi connectivity index (χ3n) is 3.71. The van der Waals surface area contributed by atoms with Gasteiger partial charge in [-0.25, -0.2) is 8.78 Å². The molecule has 3 rings (SSSR count). The Kier molecular flexibility index (Phi) is 2.51. The normalized spacial score (nSPS) is 23.6. The molecule has 1 atom stereocenters. The minimum absolute atomic E-state index is 0.189. The molecule has 0 aliphatic heterocycles. The lowest BCUT2D eigenvalue weighted by atomic mass is 10.0. The van der Waals surface area contributed by atoms with Crippen molar-refractivity contribution in [3.63, 3.8) is 0 Å². The highest BCUT2D eigenvalue weighted by Crippen LogP contribution is 2.62. The lowest BCUT2D eigenvalue weighted by Gasteiger charge is -2.07. The minimum Gasteiger partial charge on any atom is -0.480 e. The molecule has 5 heteroatoms. The maximum atomic E-state index is 13.4. The van der Waals surface area contributed by atoms with Crippen molar-refractivity contribution in [3.05, 3.63) is 47.7 Å². The van der Waals surface area contributed by atoms with E-state index in [0.29, 0.717) is 5.76 Å². The molecule has 0 radical (unpaired) electrons. The fourth-order valence-electron chi connectivity index (χ4n) is 2.33. The number of halogens is 2. The first-order chi connectivity index (χ1) is 9.37. The Labute approximate surface area is 113 Å². The molecule has 1 heterocycles. The predicted octanol–water partition coefficient (Wildman–Crippen LogP) is 3.62. The summed E-state index contributed by atoms with van der Waals surface area (Å²) in [5.74, 6) is -4.59. The van der Waals surface area contributed by atoms with E-state index in [1.807, 2.05) is 19.1 Å². The number of benzene rings is 1. The zero-order valence-corrected chi connectivity index (χ0v) is 10.7. The maximum absolute atomic E-state index is 13.4. The molecule has 104 valence electrons. The van der Waals surface area contributed by atoms with Crippen molar-refractivity contribution in [2.24, 2.45) is 0 Å². The summed E-state index contributed by atoms with van der Waals surface area (Å²) in [5.41, 5.74) is -0.404. The number of aliphatic carboxylic acids is 1. The number of hydrogen-bond acceptors (Lipinski definition) is 2. The standard InChI is InChI=1S/C15H12F2O3/c1-9-2-4-10(5-3-9)11-6-7-12(20-11)14(13(18)19)8-15(14,16)17/h2-7H,8H2,1H3,(H,18,19). The van der Waals surface area contributed by atoms with E-state index in [1.54, 1.807) is 12.1 Å². The first kappa shape index (κ1) is 12.8. The van der Waals surface area contributed by atoms with Crippen LogP contribution in [0.25, 0.3) is 11.3 Å². The van der Waals surface area contributed by atoms with Gasteiger partial charge in [-0.05, 0) is 19.1 Å². The minimum atomic E-state index is -3.25. The molecule has 1 aromatic heterocycles. The van der Waals surface area contributed by atoms with Crippen molar-refractivity contribution < 1.29 is 23.1 Å². The lowest BCUT2D eigenvalue weighted by molar-refractivity contribution is -0.143. The summed E-state index contributed by atoms with van der Waals surface area (Å²) >= 11 is 0. The number of carbonyl (C=O) groups is 1. The van der Waals surface area contributed by atoms with Crippen molar-refractivity contribution in [2.75, 3.05) is 0 Å². The second kappa shape index (κ2) is 3.91. The molecular formula is C15H12F2O3. The van der Waals surface area contributed by atoms with Crippen LogP contribution in [0, 0.1) is 6.92 Å². The Hall–Kier alpha value is -2.17. The highest BCUT2D eigenvalue weighted by Gasteiger charge is 2.79. The predicted molar refractivity (Wildman–Crippen MR) is 67.8 cm³/mol. The largest absolute Gasteiger partial charge is 0.480 e. The van der Waals surface area contributed by atoms with Crippen LogP contribution >= 0.6 is 0 Å². The monoisotopic (exact) mass is 278 g/mol. The van der Waals surface area contributed by atoms with Crippen LogP contribution in [0.5, 0.6) is 0 Å². The van der Waals surface area contributed by atoms with Crippen molar-refractivity contribution in [3.8, 4) is 11.3 Å². The fourth-order valence-corrected chi connectivity index (χ4v) is 2.33. The number of carboxylic acid groups (broad SMARTS) is 1. The Balaban J connectivity index is 1.99. The molecule has 2 aromatic rings. The number of hydrogen-bond donors (Lipinski definition) is 1. The molecule has 1 aliphatic rings. The first-order valence-electron chi connectivity index (χ1n) is 6.15. The molecule has 0 bridgehead atoms. The summed E-state index contributed by atoms with van der Waals surface area (Å²) in [6.45, 7) is 1.93. The molecule has 1 fully saturated rings. The van der Waals surface area contributed by atoms with Crippen LogP contribution < -0.4 is 0 Å². The highest BCUT2D eigenvalue weighted by atomic mass is 19.3. The van der Waals surface area contributed by atoms with Gasteiger partial charge in [0, 0.05) is 12.0 Å². The Morgan fingerprint density at radius 1 is 1.20 bits per heavy atom. The zero-order chi connectivity index (χ0) is 14.5. The fraction of sp³-hybridized carbons (Fsp3) is 0.267. The van der Waals surface area contributed by atoms with E-state index in [0.717, 1.165) is 11.1 Å². The summed E-state index contributed by atoms with van der Waals surface area (Å²) in [5, 5.41) is 9.07. The molecular weight excluding hydrogens is 266 g/mol. The second-order valence-corrected chi connectivity index (χ2v) is 5.12. The van der Waals surface area contributed by atoms with Crippen LogP contribution in [0.4, 0.5) is 8.78 Å². The number of aryl methyl sites for hydroxylation is 1. The van der Waals surface area contributed by atoms with E-state index in [-0.39, 0.29) is 5.76 Å². The smallest absolute Gasteiger partial charge is 0.323 e. The summed E-state index contributed by atoms with van der Waals surface area (Å²) < 4.78 is 32.2. The van der Waals surface area contributed by atoms with Gasteiger partial charge in [-0.15, -0.1) is 0 Å². The maximum Gasteiger partial charge on any atom is 0.323 e. The van der Waals surface area contributed by atoms with Gasteiger partial charge in [-0.1, -0.05) is 29.8 Å². The van der Waals surface area contributed by atoms with Crippen molar-refractivity contribution in [1.29, 1.82) is 0 Å². The topological polar surface area (TPSA) is 50.4 Å². The van der Waals surface area contributed by atoms with Crippen molar-refractivity contribution >= 4 is 5.97 Å². The molecule has 1 saturated carbocycles. The summed E-state index contributed by atoms with van der Waals surface area (Å²) in [4.78, 5) is 11.2. The van der Waals surface area contributed by atoms with Crippen LogP contribution in [0.2, 0.25) is 0 Å². The van der Waals surface area contributed by atoms with Crippen LogP contribution in [-0.4, -0.2) is 17.0 Å². The molecule has 1 unspecified atom stereocenters. The van der Waals surface area contributed by atoms with Crippen LogP contribution in [0.1, 0.15) is 17.7 Å². The second-order valence-electron chi connectivity index (χ2n) is 5.12. The zero-order valence-electron chi connectivity index (χ0n) is 10.7. The van der Waals surface area contributed by atoms with Gasteiger partial charge in [0.15, 0.2) is 5.41 Å². The molecule has 1 aliphatic carbocycles. The molecule has 0 spiro atoms. The van der Waals surface area contributed by atoms with E-state index in [4.69, 9.17) is 9.52 Å². The van der Waals surface area contributed by atoms with E-state index in [2.05, 4.69) is 0 Å². The summed E-state index contributed by atoms with van der Waals surface area (Å²) in [7, 11) is 0. The van der Waals surface area contributed by atoms with Crippen LogP contribution in [0.15, 0.2) is 40.8 Å². The molecule has 3 nitrogen and oxygen atoms in total. The van der Waals surface area contributed by atoms with Gasteiger partial charge in [-0.2, -0.15) is 0 Å². The van der Waals surface area contributed by atoms with Crippen LogP contribution in [0.3, 0.4) is 0 Å². The van der Waals surface area contributed by atoms with E-state index in [9.17, 15) is 13.6 Å². The van der Waals surface area contributed by atoms with E-state index < -0.39 is 23.7 Å². The molecule has 0 saturated heterocycles. The first-order valence-corrected chi connectivity index (χ1v) is 6.15. The van der Waals surface area contributed by atoms with Gasteiger partial charge in [0.25, 0.3) is 5.92 Å². The van der Waals surface area contributed by atoms with E-state index in [1.165, 1.54) is 12.1 Å². The molecule has 20 heavy (non-hydrogen) atoms. The molecule has 1 N–H and O–H groups in total. The Morgan fingerprint density at radius 3 is 2.30 bits per heavy atom. The summed E-state index contributed by atoms with van der Waals surface area (Å²) in [6.07, 6.45) is -0.712. The average molecular weight is 278 g/mol. The van der Waals surface area contributed by atoms with Gasteiger partial charge < -0.3 is 9.52 Å². The van der Waals surface area contributed by atoms with Crippen molar-refractivity contribution in [1.82, 2.24) is 0 Å². The quantitative estimate of drug-likeness (QED) is 0.933. The third-order valence-corrected chi connectivity index (χ3v) is 3.71. The van der Waals surface area contributed by atoms with E-state index >= 15 is 0 Å². The number of rotatable bonds is 3. The lowest BCUT2D eigenvalue weighted by Crippen LogP contribution is -2.26. The Bertz CT molecular complexity index is 673. The van der Waals surface area contributed by atoms with Gasteiger partial charge in [-0.3, -0.25) is 4.79 Å². The van der Waals surface area contributed by atoms with Crippen molar-refractivity contribution in [2.45, 2.75) is 24.7 Å². The van der Waals surface area contributed by atoms with Gasteiger partial charge in [0.1, 0.15) is 11.5 Å².